The molecular weight excluding hydrogens is 422 g/mol. The Kier molecular flexibility index (Phi) is 5.90. The summed E-state index contributed by atoms with van der Waals surface area (Å²) in [6.07, 6.45) is 1.77. The average Bonchev–Trinajstić information content (AvgIpc) is 3.16. The number of thiazole rings is 1. The highest BCUT2D eigenvalue weighted by Gasteiger charge is 2.20. The molecule has 9 heteroatoms. The number of anilines is 2. The zero-order valence-electron chi connectivity index (χ0n) is 17.8. The molecule has 8 nitrogen and oxygen atoms in total. The van der Waals surface area contributed by atoms with Crippen molar-refractivity contribution in [3.8, 4) is 6.07 Å². The molecule has 162 valence electrons. The van der Waals surface area contributed by atoms with E-state index in [1.165, 1.54) is 17.7 Å². The fourth-order valence-corrected chi connectivity index (χ4v) is 4.72. The first-order valence-corrected chi connectivity index (χ1v) is 11.0. The average molecular weight is 446 g/mol. The molecule has 0 saturated carbocycles. The van der Waals surface area contributed by atoms with E-state index in [0.29, 0.717) is 24.3 Å². The number of rotatable bonds is 6. The maximum Gasteiger partial charge on any atom is 0.259 e. The van der Waals surface area contributed by atoms with Gasteiger partial charge in [0.2, 0.25) is 0 Å². The lowest BCUT2D eigenvalue weighted by atomic mass is 9.96. The summed E-state index contributed by atoms with van der Waals surface area (Å²) in [7, 11) is 0. The van der Waals surface area contributed by atoms with Gasteiger partial charge < -0.3 is 16.8 Å². The molecule has 0 unspecified atom stereocenters. The lowest BCUT2D eigenvalue weighted by molar-refractivity contribution is 0.838. The maximum atomic E-state index is 13.5. The lowest BCUT2D eigenvalue weighted by Crippen LogP contribution is -2.24. The van der Waals surface area contributed by atoms with Crippen LogP contribution in [0.4, 0.5) is 11.6 Å². The topological polar surface area (TPSA) is 135 Å². The predicted molar refractivity (Wildman–Crippen MR) is 127 cm³/mol. The molecule has 0 aliphatic heterocycles. The van der Waals surface area contributed by atoms with Crippen LogP contribution >= 0.6 is 11.3 Å². The number of nitrogens with one attached hydrogen (secondary N) is 1. The molecule has 0 spiro atoms. The summed E-state index contributed by atoms with van der Waals surface area (Å²) in [6, 6.07) is 11.7. The molecule has 0 amide bonds. The molecule has 4 rings (SSSR count). The van der Waals surface area contributed by atoms with Crippen molar-refractivity contribution in [1.82, 2.24) is 14.4 Å². The molecule has 1 aromatic carbocycles. The number of aromatic nitrogens is 3. The van der Waals surface area contributed by atoms with Gasteiger partial charge in [0.1, 0.15) is 34.4 Å². The summed E-state index contributed by atoms with van der Waals surface area (Å²) in [6.45, 7) is 4.30. The van der Waals surface area contributed by atoms with Crippen LogP contribution in [0.25, 0.3) is 4.83 Å². The largest absolute Gasteiger partial charge is 0.382 e. The zero-order valence-corrected chi connectivity index (χ0v) is 18.6. The normalized spacial score (nSPS) is 11.9. The van der Waals surface area contributed by atoms with Gasteiger partial charge in [-0.3, -0.25) is 9.20 Å². The van der Waals surface area contributed by atoms with E-state index in [9.17, 15) is 10.1 Å². The van der Waals surface area contributed by atoms with E-state index in [0.717, 1.165) is 27.2 Å². The fourth-order valence-electron chi connectivity index (χ4n) is 3.80. The maximum absolute atomic E-state index is 13.5. The van der Waals surface area contributed by atoms with Crippen molar-refractivity contribution in [3.05, 3.63) is 85.9 Å². The standard InChI is InChI=1S/C23H23N7OS/c1-13-11-32-20-8-17(14(2)29-22-19(10-25)21(26)27-12-28-22)18(23(31)30(13)20)7-15-4-3-5-16(6-15)9-24/h3-6,8,11-12,14H,7,9,24H2,1-2H3,(H3,26,27,28,29)/t14-/m0/s1. The van der Waals surface area contributed by atoms with Crippen molar-refractivity contribution >= 4 is 27.8 Å². The molecule has 0 saturated heterocycles. The molecule has 0 aliphatic carbocycles. The Morgan fingerprint density at radius 1 is 1.28 bits per heavy atom. The Balaban J connectivity index is 1.83. The van der Waals surface area contributed by atoms with E-state index >= 15 is 0 Å². The molecule has 5 N–H and O–H groups in total. The number of nitriles is 1. The molecular formula is C23H23N7OS. The van der Waals surface area contributed by atoms with Crippen LogP contribution in [0.3, 0.4) is 0 Å². The number of nitrogens with zero attached hydrogens (tertiary/aromatic N) is 4. The third-order valence-electron chi connectivity index (χ3n) is 5.43. The highest BCUT2D eigenvalue weighted by Crippen LogP contribution is 2.27. The molecule has 3 aromatic heterocycles. The van der Waals surface area contributed by atoms with Gasteiger partial charge in [-0.1, -0.05) is 24.3 Å². The van der Waals surface area contributed by atoms with Crippen LogP contribution in [0.15, 0.2) is 46.8 Å². The summed E-state index contributed by atoms with van der Waals surface area (Å²) in [5.74, 6) is 0.451. The van der Waals surface area contributed by atoms with Crippen LogP contribution < -0.4 is 22.3 Å². The van der Waals surface area contributed by atoms with E-state index in [1.807, 2.05) is 55.6 Å². The van der Waals surface area contributed by atoms with Gasteiger partial charge in [-0.2, -0.15) is 5.26 Å². The van der Waals surface area contributed by atoms with Gasteiger partial charge in [0.25, 0.3) is 5.56 Å². The zero-order chi connectivity index (χ0) is 22.8. The SMILES string of the molecule is Cc1csc2cc([C@H](C)Nc3ncnc(N)c3C#N)c(Cc3cccc(CN)c3)c(=O)n12. The van der Waals surface area contributed by atoms with Gasteiger partial charge in [-0.05, 0) is 36.6 Å². The van der Waals surface area contributed by atoms with Crippen molar-refractivity contribution in [2.75, 3.05) is 11.1 Å². The van der Waals surface area contributed by atoms with Crippen LogP contribution in [0, 0.1) is 18.3 Å². The van der Waals surface area contributed by atoms with E-state index in [1.54, 1.807) is 4.40 Å². The van der Waals surface area contributed by atoms with Gasteiger partial charge in [0, 0.05) is 29.6 Å². The van der Waals surface area contributed by atoms with E-state index in [4.69, 9.17) is 11.5 Å². The Hall–Kier alpha value is -3.74. The van der Waals surface area contributed by atoms with Crippen LogP contribution in [-0.2, 0) is 13.0 Å². The molecule has 32 heavy (non-hydrogen) atoms. The van der Waals surface area contributed by atoms with Crippen molar-refractivity contribution in [2.24, 2.45) is 5.73 Å². The van der Waals surface area contributed by atoms with Gasteiger partial charge >= 0.3 is 0 Å². The predicted octanol–water partition coefficient (Wildman–Crippen LogP) is 3.14. The Labute approximate surface area is 189 Å². The smallest absolute Gasteiger partial charge is 0.259 e. The minimum Gasteiger partial charge on any atom is -0.382 e. The number of nitrogens with two attached hydrogens (primary N) is 2. The number of aryl methyl sites for hydroxylation is 1. The third-order valence-corrected chi connectivity index (χ3v) is 6.43. The fraction of sp³-hybridized carbons (Fsp3) is 0.217. The second kappa shape index (κ2) is 8.78. The first-order chi connectivity index (χ1) is 15.4. The van der Waals surface area contributed by atoms with Crippen molar-refractivity contribution in [2.45, 2.75) is 32.9 Å². The van der Waals surface area contributed by atoms with Crippen LogP contribution in [0.1, 0.15) is 46.5 Å². The number of hydrogen-bond acceptors (Lipinski definition) is 8. The highest BCUT2D eigenvalue weighted by atomic mass is 32.1. The third kappa shape index (κ3) is 3.93. The van der Waals surface area contributed by atoms with Gasteiger partial charge in [0.05, 0.1) is 6.04 Å². The summed E-state index contributed by atoms with van der Waals surface area (Å²) in [5.41, 5.74) is 16.2. The Bertz CT molecular complexity index is 1400. The molecule has 0 fully saturated rings. The summed E-state index contributed by atoms with van der Waals surface area (Å²) < 4.78 is 1.74. The minimum atomic E-state index is -0.302. The van der Waals surface area contributed by atoms with Crippen molar-refractivity contribution in [1.29, 1.82) is 5.26 Å². The van der Waals surface area contributed by atoms with Crippen LogP contribution in [-0.4, -0.2) is 14.4 Å². The minimum absolute atomic E-state index is 0.0502. The summed E-state index contributed by atoms with van der Waals surface area (Å²) in [5, 5.41) is 14.7. The number of hydrogen-bond donors (Lipinski definition) is 3. The molecule has 1 atom stereocenters. The monoisotopic (exact) mass is 445 g/mol. The van der Waals surface area contributed by atoms with Gasteiger partial charge in [0.15, 0.2) is 0 Å². The lowest BCUT2D eigenvalue weighted by Gasteiger charge is -2.20. The molecule has 0 bridgehead atoms. The van der Waals surface area contributed by atoms with Crippen molar-refractivity contribution < 1.29 is 0 Å². The van der Waals surface area contributed by atoms with Crippen LogP contribution in [0.5, 0.6) is 0 Å². The summed E-state index contributed by atoms with van der Waals surface area (Å²) >= 11 is 1.52. The number of benzene rings is 1. The van der Waals surface area contributed by atoms with Crippen molar-refractivity contribution in [3.63, 3.8) is 0 Å². The number of pyridine rings is 1. The van der Waals surface area contributed by atoms with E-state index < -0.39 is 0 Å². The molecule has 3 heterocycles. The van der Waals surface area contributed by atoms with Gasteiger partial charge in [-0.25, -0.2) is 9.97 Å². The molecule has 0 radical (unpaired) electrons. The number of nitrogen functional groups attached to an aromatic ring is 1. The van der Waals surface area contributed by atoms with Gasteiger partial charge in [-0.15, -0.1) is 11.3 Å². The Morgan fingerprint density at radius 2 is 2.06 bits per heavy atom. The number of fused-ring (bicyclic) bond motifs is 1. The quantitative estimate of drug-likeness (QED) is 0.415. The van der Waals surface area contributed by atoms with E-state index in [2.05, 4.69) is 15.3 Å². The second-order valence-corrected chi connectivity index (χ2v) is 8.48. The second-order valence-electron chi connectivity index (χ2n) is 7.60. The molecule has 0 aliphatic rings. The van der Waals surface area contributed by atoms with Crippen LogP contribution in [0.2, 0.25) is 0 Å². The first kappa shape index (κ1) is 21.5. The Morgan fingerprint density at radius 3 is 2.81 bits per heavy atom. The molecule has 4 aromatic rings. The summed E-state index contributed by atoms with van der Waals surface area (Å²) in [4.78, 5) is 22.5. The van der Waals surface area contributed by atoms with E-state index in [-0.39, 0.29) is 23.0 Å². The highest BCUT2D eigenvalue weighted by molar-refractivity contribution is 7.15. The first-order valence-electron chi connectivity index (χ1n) is 10.1.